The van der Waals surface area contributed by atoms with Crippen molar-refractivity contribution in [2.75, 3.05) is 0 Å². The Hall–Kier alpha value is -1.64. The Morgan fingerprint density at radius 2 is 2.00 bits per heavy atom. The van der Waals surface area contributed by atoms with E-state index in [4.69, 9.17) is 5.11 Å². The number of allylic oxidation sites excluding steroid dienone is 1. The van der Waals surface area contributed by atoms with Crippen molar-refractivity contribution in [3.63, 3.8) is 0 Å². The van der Waals surface area contributed by atoms with Crippen LogP contribution in [0, 0.1) is 5.82 Å². The van der Waals surface area contributed by atoms with Gasteiger partial charge in [-0.05, 0) is 18.6 Å². The van der Waals surface area contributed by atoms with Gasteiger partial charge in [-0.25, -0.2) is 9.18 Å². The summed E-state index contributed by atoms with van der Waals surface area (Å²) in [5.41, 5.74) is 0. The molecule has 0 aromatic heterocycles. The Morgan fingerprint density at radius 3 is 2.21 bits per heavy atom. The minimum atomic E-state index is -0.873. The second-order valence-electron chi connectivity index (χ2n) is 2.44. The van der Waals surface area contributed by atoms with Crippen LogP contribution in [0.4, 0.5) is 4.39 Å². The fourth-order valence-electron chi connectivity index (χ4n) is 0.633. The van der Waals surface area contributed by atoms with Gasteiger partial charge in [-0.1, -0.05) is 31.2 Å². The highest BCUT2D eigenvalue weighted by atomic mass is 19.1. The van der Waals surface area contributed by atoms with Gasteiger partial charge in [0.1, 0.15) is 5.82 Å². The minimum Gasteiger partial charge on any atom is -0.478 e. The van der Waals surface area contributed by atoms with Gasteiger partial charge in [-0.15, -0.1) is 0 Å². The SMILES string of the molecule is CCC=CC(=O)O.Fc1ccccc1. The molecule has 0 saturated carbocycles. The molecule has 0 unspecified atom stereocenters. The molecular weight excluding hydrogens is 183 g/mol. The zero-order valence-electron chi connectivity index (χ0n) is 7.98. The van der Waals surface area contributed by atoms with E-state index < -0.39 is 5.97 Å². The largest absolute Gasteiger partial charge is 0.478 e. The lowest BCUT2D eigenvalue weighted by molar-refractivity contribution is -0.131. The molecule has 14 heavy (non-hydrogen) atoms. The molecule has 76 valence electrons. The van der Waals surface area contributed by atoms with Gasteiger partial charge in [0.2, 0.25) is 0 Å². The van der Waals surface area contributed by atoms with Crippen molar-refractivity contribution in [3.05, 3.63) is 48.3 Å². The number of rotatable bonds is 2. The summed E-state index contributed by atoms with van der Waals surface area (Å²) in [5, 5.41) is 7.96. The molecule has 0 amide bonds. The van der Waals surface area contributed by atoms with E-state index in [2.05, 4.69) is 0 Å². The van der Waals surface area contributed by atoms with Crippen LogP contribution in [0.5, 0.6) is 0 Å². The van der Waals surface area contributed by atoms with Gasteiger partial charge in [0.15, 0.2) is 0 Å². The molecule has 0 spiro atoms. The maximum absolute atomic E-state index is 11.9. The molecule has 1 N–H and O–H groups in total. The highest BCUT2D eigenvalue weighted by Gasteiger charge is 1.79. The maximum atomic E-state index is 11.9. The van der Waals surface area contributed by atoms with Crippen LogP contribution >= 0.6 is 0 Å². The zero-order valence-corrected chi connectivity index (χ0v) is 7.98. The van der Waals surface area contributed by atoms with Crippen molar-refractivity contribution in [3.8, 4) is 0 Å². The van der Waals surface area contributed by atoms with Crippen LogP contribution in [-0.2, 0) is 4.79 Å². The van der Waals surface area contributed by atoms with E-state index in [0.29, 0.717) is 0 Å². The molecule has 3 heteroatoms. The molecule has 0 aliphatic rings. The van der Waals surface area contributed by atoms with Gasteiger partial charge in [0, 0.05) is 6.08 Å². The summed E-state index contributed by atoms with van der Waals surface area (Å²) in [6.07, 6.45) is 3.52. The number of benzene rings is 1. The van der Waals surface area contributed by atoms with E-state index >= 15 is 0 Å². The normalized spacial score (nSPS) is 9.29. The highest BCUT2D eigenvalue weighted by molar-refractivity contribution is 5.79. The fourth-order valence-corrected chi connectivity index (χ4v) is 0.633. The second-order valence-corrected chi connectivity index (χ2v) is 2.44. The molecule has 2 nitrogen and oxygen atoms in total. The molecule has 0 radical (unpaired) electrons. The van der Waals surface area contributed by atoms with Crippen LogP contribution in [0.1, 0.15) is 13.3 Å². The lowest BCUT2D eigenvalue weighted by Gasteiger charge is -1.78. The summed E-state index contributed by atoms with van der Waals surface area (Å²) in [5.74, 6) is -1.05. The minimum absolute atomic E-state index is 0.178. The first-order valence-corrected chi connectivity index (χ1v) is 4.26. The van der Waals surface area contributed by atoms with Crippen molar-refractivity contribution in [1.29, 1.82) is 0 Å². The first kappa shape index (κ1) is 12.4. The summed E-state index contributed by atoms with van der Waals surface area (Å²) in [6, 6.07) is 7.94. The van der Waals surface area contributed by atoms with Gasteiger partial charge >= 0.3 is 5.97 Å². The van der Waals surface area contributed by atoms with Crippen molar-refractivity contribution in [2.45, 2.75) is 13.3 Å². The van der Waals surface area contributed by atoms with Crippen LogP contribution in [0.2, 0.25) is 0 Å². The van der Waals surface area contributed by atoms with E-state index in [9.17, 15) is 9.18 Å². The zero-order chi connectivity index (χ0) is 10.8. The summed E-state index contributed by atoms with van der Waals surface area (Å²) >= 11 is 0. The smallest absolute Gasteiger partial charge is 0.327 e. The summed E-state index contributed by atoms with van der Waals surface area (Å²) in [4.78, 5) is 9.67. The number of carboxylic acids is 1. The van der Waals surface area contributed by atoms with Crippen LogP contribution in [0.3, 0.4) is 0 Å². The van der Waals surface area contributed by atoms with E-state index in [1.807, 2.05) is 6.92 Å². The van der Waals surface area contributed by atoms with Crippen LogP contribution in [0.15, 0.2) is 42.5 Å². The third kappa shape index (κ3) is 8.46. The second kappa shape index (κ2) is 7.98. The molecule has 0 saturated heterocycles. The van der Waals surface area contributed by atoms with E-state index in [-0.39, 0.29) is 5.82 Å². The van der Waals surface area contributed by atoms with Crippen LogP contribution in [-0.4, -0.2) is 11.1 Å². The molecule has 0 aliphatic heterocycles. The Morgan fingerprint density at radius 1 is 1.43 bits per heavy atom. The first-order valence-electron chi connectivity index (χ1n) is 4.26. The van der Waals surface area contributed by atoms with Crippen molar-refractivity contribution in [1.82, 2.24) is 0 Å². The number of hydrogen-bond acceptors (Lipinski definition) is 1. The molecule has 1 aromatic rings. The third-order valence-electron chi connectivity index (χ3n) is 1.23. The van der Waals surface area contributed by atoms with Gasteiger partial charge in [-0.3, -0.25) is 0 Å². The maximum Gasteiger partial charge on any atom is 0.327 e. The number of carbonyl (C=O) groups is 1. The topological polar surface area (TPSA) is 37.3 Å². The van der Waals surface area contributed by atoms with Crippen molar-refractivity contribution in [2.24, 2.45) is 0 Å². The Labute approximate surface area is 82.7 Å². The molecule has 1 aromatic carbocycles. The van der Waals surface area contributed by atoms with Gasteiger partial charge < -0.3 is 5.11 Å². The highest BCUT2D eigenvalue weighted by Crippen LogP contribution is 1.91. The van der Waals surface area contributed by atoms with E-state index in [1.165, 1.54) is 12.1 Å². The Kier molecular flexibility index (Phi) is 7.05. The molecule has 0 atom stereocenters. The molecule has 1 rings (SSSR count). The van der Waals surface area contributed by atoms with Crippen molar-refractivity contribution < 1.29 is 14.3 Å². The fraction of sp³-hybridized carbons (Fsp3) is 0.182. The predicted octanol–water partition coefficient (Wildman–Crippen LogP) is 2.86. The summed E-state index contributed by atoms with van der Waals surface area (Å²) in [6.45, 7) is 1.89. The standard InChI is InChI=1S/C6H5F.C5H8O2/c7-6-4-2-1-3-5-6;1-2-3-4-5(6)7/h1-5H;3-4H,2H2,1H3,(H,6,7). The molecule has 0 bridgehead atoms. The lowest BCUT2D eigenvalue weighted by atomic mass is 10.4. The molecule has 0 aliphatic carbocycles. The van der Waals surface area contributed by atoms with E-state index in [0.717, 1.165) is 12.5 Å². The van der Waals surface area contributed by atoms with Gasteiger partial charge in [-0.2, -0.15) is 0 Å². The number of halogens is 1. The van der Waals surface area contributed by atoms with Crippen molar-refractivity contribution >= 4 is 5.97 Å². The van der Waals surface area contributed by atoms with E-state index in [1.54, 1.807) is 24.3 Å². The quantitative estimate of drug-likeness (QED) is 0.738. The van der Waals surface area contributed by atoms with Crippen LogP contribution < -0.4 is 0 Å². The monoisotopic (exact) mass is 196 g/mol. The lowest BCUT2D eigenvalue weighted by Crippen LogP contribution is -1.84. The number of aliphatic carboxylic acids is 1. The molecule has 0 fully saturated rings. The molecular formula is C11H13FO2. The Bertz CT molecular complexity index is 281. The number of hydrogen-bond donors (Lipinski definition) is 1. The first-order chi connectivity index (χ1) is 6.66. The van der Waals surface area contributed by atoms with Gasteiger partial charge in [0.25, 0.3) is 0 Å². The molecule has 0 heterocycles. The Balaban J connectivity index is 0.000000241. The summed E-state index contributed by atoms with van der Waals surface area (Å²) in [7, 11) is 0. The average Bonchev–Trinajstić information content (AvgIpc) is 2.17. The third-order valence-corrected chi connectivity index (χ3v) is 1.23. The van der Waals surface area contributed by atoms with Crippen LogP contribution in [0.25, 0.3) is 0 Å². The summed E-state index contributed by atoms with van der Waals surface area (Å²) < 4.78 is 11.9. The average molecular weight is 196 g/mol. The van der Waals surface area contributed by atoms with Gasteiger partial charge in [0.05, 0.1) is 0 Å². The number of carboxylic acid groups (broad SMARTS) is 1. The predicted molar refractivity (Wildman–Crippen MR) is 53.5 cm³/mol.